The molecule has 20 heavy (non-hydrogen) atoms. The maximum absolute atomic E-state index is 9.44. The average molecular weight is 288 g/mol. The molecule has 0 bridgehead atoms. The van der Waals surface area contributed by atoms with E-state index in [1.54, 1.807) is 0 Å². The molecule has 1 aliphatic rings. The van der Waals surface area contributed by atoms with Crippen LogP contribution in [0.3, 0.4) is 0 Å². The van der Waals surface area contributed by atoms with Crippen molar-refractivity contribution in [2.24, 2.45) is 0 Å². The van der Waals surface area contributed by atoms with Crippen molar-refractivity contribution < 1.29 is 0 Å². The highest BCUT2D eigenvalue weighted by molar-refractivity contribution is 7.99. The van der Waals surface area contributed by atoms with E-state index in [1.807, 2.05) is 18.7 Å². The molecule has 0 aliphatic heterocycles. The van der Waals surface area contributed by atoms with E-state index in [0.717, 1.165) is 6.42 Å². The molecule has 1 saturated carbocycles. The first kappa shape index (κ1) is 15.4. The molecule has 1 aromatic carbocycles. The van der Waals surface area contributed by atoms with Gasteiger partial charge in [0.2, 0.25) is 0 Å². The highest BCUT2D eigenvalue weighted by Gasteiger charge is 2.33. The number of nitrogens with one attached hydrogen (secondary N) is 1. The first-order valence-corrected chi connectivity index (χ1v) is 8.23. The summed E-state index contributed by atoms with van der Waals surface area (Å²) in [5.74, 6) is 0. The lowest BCUT2D eigenvalue weighted by molar-refractivity contribution is 0.415. The summed E-state index contributed by atoms with van der Waals surface area (Å²) in [5, 5.41) is 13.3. The van der Waals surface area contributed by atoms with Crippen molar-refractivity contribution in [2.45, 2.75) is 68.7 Å². The number of nitrogens with zero attached hydrogens (tertiary/aromatic N) is 1. The third-order valence-corrected chi connectivity index (χ3v) is 4.95. The largest absolute Gasteiger partial charge is 0.297 e. The molecule has 2 rings (SSSR count). The molecular formula is C17H24N2S. The molecular weight excluding hydrogens is 264 g/mol. The van der Waals surface area contributed by atoms with Gasteiger partial charge < -0.3 is 0 Å². The molecule has 2 atom stereocenters. The number of hydrogen-bond donors (Lipinski definition) is 1. The number of thioether (sulfide) groups is 1. The zero-order valence-electron chi connectivity index (χ0n) is 12.9. The first-order chi connectivity index (χ1) is 9.42. The number of hydrogen-bond acceptors (Lipinski definition) is 3. The van der Waals surface area contributed by atoms with Crippen LogP contribution >= 0.6 is 11.8 Å². The monoisotopic (exact) mass is 288 g/mol. The van der Waals surface area contributed by atoms with Gasteiger partial charge in [-0.1, -0.05) is 13.0 Å². The zero-order valence-corrected chi connectivity index (χ0v) is 13.7. The summed E-state index contributed by atoms with van der Waals surface area (Å²) in [6.45, 7) is 8.53. The van der Waals surface area contributed by atoms with Gasteiger partial charge in [-0.3, -0.25) is 5.32 Å². The van der Waals surface area contributed by atoms with Gasteiger partial charge in [0.1, 0.15) is 5.54 Å². The Labute approximate surface area is 127 Å². The van der Waals surface area contributed by atoms with E-state index in [-0.39, 0.29) is 0 Å². The molecule has 0 heterocycles. The Morgan fingerprint density at radius 1 is 1.40 bits per heavy atom. The van der Waals surface area contributed by atoms with Crippen LogP contribution in [0.15, 0.2) is 23.1 Å². The van der Waals surface area contributed by atoms with E-state index in [1.165, 1.54) is 28.9 Å². The van der Waals surface area contributed by atoms with Crippen LogP contribution in [0, 0.1) is 25.2 Å². The summed E-state index contributed by atoms with van der Waals surface area (Å²) >= 11 is 1.87. The van der Waals surface area contributed by atoms with E-state index < -0.39 is 5.54 Å². The molecule has 1 aromatic rings. The highest BCUT2D eigenvalue weighted by Crippen LogP contribution is 2.31. The molecule has 0 amide bonds. The zero-order chi connectivity index (χ0) is 14.8. The summed E-state index contributed by atoms with van der Waals surface area (Å²) in [6.07, 6.45) is 3.31. The number of rotatable bonds is 6. The average Bonchev–Trinajstić information content (AvgIpc) is 3.17. The van der Waals surface area contributed by atoms with Crippen molar-refractivity contribution in [3.8, 4) is 6.07 Å². The van der Waals surface area contributed by atoms with Gasteiger partial charge in [-0.2, -0.15) is 5.26 Å². The molecule has 1 N–H and O–H groups in total. The Balaban J connectivity index is 1.95. The maximum Gasteiger partial charge on any atom is 0.105 e. The third-order valence-electron chi connectivity index (χ3n) is 3.86. The van der Waals surface area contributed by atoms with Crippen LogP contribution in [0.5, 0.6) is 0 Å². The van der Waals surface area contributed by atoms with E-state index in [2.05, 4.69) is 50.4 Å². The van der Waals surface area contributed by atoms with Gasteiger partial charge in [0.15, 0.2) is 0 Å². The van der Waals surface area contributed by atoms with Crippen LogP contribution in [0.1, 0.15) is 44.2 Å². The highest BCUT2D eigenvalue weighted by atomic mass is 32.2. The number of aryl methyl sites for hydroxylation is 2. The minimum absolute atomic E-state index is 0.396. The fraction of sp³-hybridized carbons (Fsp3) is 0.588. The van der Waals surface area contributed by atoms with Crippen molar-refractivity contribution in [1.29, 1.82) is 5.26 Å². The second kappa shape index (κ2) is 6.20. The van der Waals surface area contributed by atoms with Gasteiger partial charge in [0, 0.05) is 16.2 Å². The van der Waals surface area contributed by atoms with Crippen molar-refractivity contribution >= 4 is 11.8 Å². The molecule has 2 unspecified atom stereocenters. The van der Waals surface area contributed by atoms with Crippen molar-refractivity contribution in [2.75, 3.05) is 0 Å². The van der Waals surface area contributed by atoms with E-state index >= 15 is 0 Å². The fourth-order valence-corrected chi connectivity index (χ4v) is 3.72. The van der Waals surface area contributed by atoms with E-state index in [4.69, 9.17) is 0 Å². The minimum atomic E-state index is -0.396. The van der Waals surface area contributed by atoms with Gasteiger partial charge in [-0.15, -0.1) is 11.8 Å². The Morgan fingerprint density at radius 3 is 2.65 bits per heavy atom. The summed E-state index contributed by atoms with van der Waals surface area (Å²) in [7, 11) is 0. The minimum Gasteiger partial charge on any atom is -0.297 e. The number of nitriles is 1. The van der Waals surface area contributed by atoms with Crippen molar-refractivity contribution in [3.05, 3.63) is 29.3 Å². The standard InChI is InChI=1S/C17H24N2S/c1-12-5-8-16(9-13(12)2)20-14(3)10-17(4,11-18)19-15-6-7-15/h5,8-9,14-15,19H,6-7,10H2,1-4H3. The van der Waals surface area contributed by atoms with Gasteiger partial charge in [-0.05, 0) is 63.3 Å². The van der Waals surface area contributed by atoms with Crippen LogP contribution in [-0.4, -0.2) is 16.8 Å². The second-order valence-electron chi connectivity index (χ2n) is 6.24. The molecule has 3 heteroatoms. The molecule has 0 radical (unpaired) electrons. The molecule has 0 aromatic heterocycles. The fourth-order valence-electron chi connectivity index (χ4n) is 2.45. The number of benzene rings is 1. The third kappa shape index (κ3) is 4.26. The molecule has 1 aliphatic carbocycles. The van der Waals surface area contributed by atoms with Crippen LogP contribution in [0.25, 0.3) is 0 Å². The molecule has 108 valence electrons. The molecule has 0 spiro atoms. The van der Waals surface area contributed by atoms with E-state index in [0.29, 0.717) is 11.3 Å². The van der Waals surface area contributed by atoms with Crippen LogP contribution in [0.4, 0.5) is 0 Å². The predicted octanol–water partition coefficient (Wildman–Crippen LogP) is 4.21. The Bertz CT molecular complexity index is 516. The normalized spacial score (nSPS) is 19.1. The van der Waals surface area contributed by atoms with Crippen LogP contribution < -0.4 is 5.32 Å². The van der Waals surface area contributed by atoms with Crippen molar-refractivity contribution in [1.82, 2.24) is 5.32 Å². The smallest absolute Gasteiger partial charge is 0.105 e. The maximum atomic E-state index is 9.44. The lowest BCUT2D eigenvalue weighted by Gasteiger charge is -2.26. The molecule has 1 fully saturated rings. The van der Waals surface area contributed by atoms with Crippen LogP contribution in [-0.2, 0) is 0 Å². The summed E-state index contributed by atoms with van der Waals surface area (Å²) < 4.78 is 0. The lowest BCUT2D eigenvalue weighted by atomic mass is 9.98. The molecule has 0 saturated heterocycles. The second-order valence-corrected chi connectivity index (χ2v) is 7.75. The van der Waals surface area contributed by atoms with Gasteiger partial charge >= 0.3 is 0 Å². The summed E-state index contributed by atoms with van der Waals surface area (Å²) in [4.78, 5) is 1.30. The summed E-state index contributed by atoms with van der Waals surface area (Å²) in [6, 6.07) is 9.63. The Kier molecular flexibility index (Phi) is 4.78. The first-order valence-electron chi connectivity index (χ1n) is 7.35. The summed E-state index contributed by atoms with van der Waals surface area (Å²) in [5.41, 5.74) is 2.27. The predicted molar refractivity (Wildman–Crippen MR) is 86.0 cm³/mol. The van der Waals surface area contributed by atoms with Gasteiger partial charge in [-0.25, -0.2) is 0 Å². The SMILES string of the molecule is Cc1ccc(SC(C)CC(C)(C#N)NC2CC2)cc1C. The van der Waals surface area contributed by atoms with Gasteiger partial charge in [0.25, 0.3) is 0 Å². The lowest BCUT2D eigenvalue weighted by Crippen LogP contribution is -2.44. The van der Waals surface area contributed by atoms with E-state index in [9.17, 15) is 5.26 Å². The Morgan fingerprint density at radius 2 is 2.10 bits per heavy atom. The molecule has 2 nitrogen and oxygen atoms in total. The topological polar surface area (TPSA) is 35.8 Å². The quantitative estimate of drug-likeness (QED) is 0.797. The Hall–Kier alpha value is -0.980. The van der Waals surface area contributed by atoms with Crippen LogP contribution in [0.2, 0.25) is 0 Å². The van der Waals surface area contributed by atoms with Gasteiger partial charge in [0.05, 0.1) is 6.07 Å². The van der Waals surface area contributed by atoms with Crippen molar-refractivity contribution in [3.63, 3.8) is 0 Å².